The highest BCUT2D eigenvalue weighted by Gasteiger charge is 2.31. The maximum Gasteiger partial charge on any atom is 0.416 e. The topological polar surface area (TPSA) is 85.2 Å². The molecule has 0 atom stereocenters. The van der Waals surface area contributed by atoms with E-state index in [0.717, 1.165) is 17.7 Å². The largest absolute Gasteiger partial charge is 0.496 e. The van der Waals surface area contributed by atoms with Gasteiger partial charge in [0.1, 0.15) is 18.1 Å². The number of halogens is 4. The molecule has 3 rings (SSSR count). The van der Waals surface area contributed by atoms with Crippen LogP contribution in [0, 0.1) is 5.82 Å². The van der Waals surface area contributed by atoms with Crippen LogP contribution in [0.4, 0.5) is 23.2 Å². The number of anilines is 1. The summed E-state index contributed by atoms with van der Waals surface area (Å²) in [6.45, 7) is -0.522. The number of hydrogen-bond acceptors (Lipinski definition) is 4. The van der Waals surface area contributed by atoms with Crippen LogP contribution in [0.2, 0.25) is 0 Å². The van der Waals surface area contributed by atoms with Crippen LogP contribution in [0.25, 0.3) is 0 Å². The Hall–Kier alpha value is -3.89. The van der Waals surface area contributed by atoms with Gasteiger partial charge in [0, 0.05) is 19.2 Å². The van der Waals surface area contributed by atoms with Gasteiger partial charge in [0.15, 0.2) is 0 Å². The highest BCUT2D eigenvalue weighted by atomic mass is 19.4. The minimum atomic E-state index is -4.69. The van der Waals surface area contributed by atoms with Crippen LogP contribution in [0.15, 0.2) is 54.9 Å². The van der Waals surface area contributed by atoms with E-state index in [1.807, 2.05) is 24.3 Å². The molecular weight excluding hydrogens is 456 g/mol. The summed E-state index contributed by atoms with van der Waals surface area (Å²) in [5, 5.41) is 9.09. The molecule has 34 heavy (non-hydrogen) atoms. The Morgan fingerprint density at radius 3 is 2.62 bits per heavy atom. The molecule has 11 heteroatoms. The molecule has 0 spiro atoms. The number of ether oxygens (including phenoxy) is 1. The quantitative estimate of drug-likeness (QED) is 0.457. The van der Waals surface area contributed by atoms with E-state index in [0.29, 0.717) is 23.9 Å². The van der Waals surface area contributed by atoms with Crippen molar-refractivity contribution in [1.82, 2.24) is 15.1 Å². The fourth-order valence-electron chi connectivity index (χ4n) is 3.22. The smallest absolute Gasteiger partial charge is 0.416 e. The molecule has 0 saturated heterocycles. The predicted molar refractivity (Wildman–Crippen MR) is 115 cm³/mol. The predicted octanol–water partition coefficient (Wildman–Crippen LogP) is 3.94. The van der Waals surface area contributed by atoms with Crippen molar-refractivity contribution in [3.8, 4) is 5.75 Å². The monoisotopic (exact) mass is 478 g/mol. The van der Waals surface area contributed by atoms with Crippen LogP contribution < -0.4 is 15.4 Å². The third-order valence-electron chi connectivity index (χ3n) is 4.81. The molecule has 7 nitrogen and oxygen atoms in total. The molecule has 0 unspecified atom stereocenters. The summed E-state index contributed by atoms with van der Waals surface area (Å²) in [6.07, 6.45) is -1.19. The summed E-state index contributed by atoms with van der Waals surface area (Å²) in [5.74, 6) is -1.14. The molecular formula is C23H22F4N4O3. The summed E-state index contributed by atoms with van der Waals surface area (Å²) in [7, 11) is 1.56. The molecule has 1 heterocycles. The van der Waals surface area contributed by atoms with E-state index in [4.69, 9.17) is 4.74 Å². The lowest BCUT2D eigenvalue weighted by Gasteiger charge is -2.10. The number of methoxy groups -OCH3 is 1. The standard InChI is InChI=1S/C23H22F4N4O3/c1-34-20-5-3-2-4-16(20)6-7-21(32)30-19-12-29-31(13-19)14-22(33)28-11-15-8-17(23(25,26)27)10-18(24)9-15/h2-5,8-10,12-13H,6-7,11,14H2,1H3,(H,28,33)(H,30,32). The Morgan fingerprint density at radius 1 is 1.12 bits per heavy atom. The lowest BCUT2D eigenvalue weighted by atomic mass is 10.1. The SMILES string of the molecule is COc1ccccc1CCC(=O)Nc1cnn(CC(=O)NCc2cc(F)cc(C(F)(F)F)c2)c1. The van der Waals surface area contributed by atoms with Crippen molar-refractivity contribution < 1.29 is 31.9 Å². The first-order valence-corrected chi connectivity index (χ1v) is 10.2. The lowest BCUT2D eigenvalue weighted by Crippen LogP contribution is -2.27. The number of carbonyl (C=O) groups excluding carboxylic acids is 2. The van der Waals surface area contributed by atoms with Crippen molar-refractivity contribution >= 4 is 17.5 Å². The van der Waals surface area contributed by atoms with Gasteiger partial charge in [-0.15, -0.1) is 0 Å². The fraction of sp³-hybridized carbons (Fsp3) is 0.261. The van der Waals surface area contributed by atoms with Crippen molar-refractivity contribution in [3.05, 3.63) is 77.4 Å². The molecule has 0 bridgehead atoms. The Bertz CT molecular complexity index is 1160. The van der Waals surface area contributed by atoms with Crippen LogP contribution >= 0.6 is 0 Å². The van der Waals surface area contributed by atoms with Crippen molar-refractivity contribution in [3.63, 3.8) is 0 Å². The maximum absolute atomic E-state index is 13.5. The van der Waals surface area contributed by atoms with E-state index in [-0.39, 0.29) is 31.0 Å². The van der Waals surface area contributed by atoms with Crippen molar-refractivity contribution in [2.75, 3.05) is 12.4 Å². The van der Waals surface area contributed by atoms with E-state index >= 15 is 0 Å². The zero-order valence-corrected chi connectivity index (χ0v) is 18.2. The second kappa shape index (κ2) is 10.8. The van der Waals surface area contributed by atoms with Crippen LogP contribution in [0.3, 0.4) is 0 Å². The number of rotatable bonds is 9. The van der Waals surface area contributed by atoms with E-state index < -0.39 is 23.5 Å². The third-order valence-corrected chi connectivity index (χ3v) is 4.81. The zero-order chi connectivity index (χ0) is 24.7. The molecule has 1 aromatic heterocycles. The molecule has 0 fully saturated rings. The van der Waals surface area contributed by atoms with Crippen LogP contribution in [0.1, 0.15) is 23.1 Å². The van der Waals surface area contributed by atoms with Gasteiger partial charge in [-0.1, -0.05) is 18.2 Å². The zero-order valence-electron chi connectivity index (χ0n) is 18.2. The summed E-state index contributed by atoms with van der Waals surface area (Å²) in [6, 6.07) is 9.46. The van der Waals surface area contributed by atoms with Gasteiger partial charge < -0.3 is 15.4 Å². The van der Waals surface area contributed by atoms with E-state index in [1.165, 1.54) is 17.1 Å². The van der Waals surface area contributed by atoms with Gasteiger partial charge in [-0.25, -0.2) is 4.39 Å². The molecule has 2 aromatic carbocycles. The summed E-state index contributed by atoms with van der Waals surface area (Å²) in [4.78, 5) is 24.3. The Labute approximate surface area is 192 Å². The average Bonchev–Trinajstić information content (AvgIpc) is 3.22. The first-order chi connectivity index (χ1) is 16.1. The van der Waals surface area contributed by atoms with Crippen LogP contribution in [-0.2, 0) is 35.3 Å². The highest BCUT2D eigenvalue weighted by Crippen LogP contribution is 2.30. The van der Waals surface area contributed by atoms with Gasteiger partial charge in [0.05, 0.1) is 24.6 Å². The van der Waals surface area contributed by atoms with Crippen molar-refractivity contribution in [2.45, 2.75) is 32.1 Å². The molecule has 2 N–H and O–H groups in total. The molecule has 3 aromatic rings. The molecule has 2 amide bonds. The normalized spacial score (nSPS) is 11.2. The second-order valence-electron chi connectivity index (χ2n) is 7.41. The van der Waals surface area contributed by atoms with Crippen molar-refractivity contribution in [2.24, 2.45) is 0 Å². The van der Waals surface area contributed by atoms with E-state index in [9.17, 15) is 27.2 Å². The molecule has 180 valence electrons. The van der Waals surface area contributed by atoms with Crippen LogP contribution in [0.5, 0.6) is 5.75 Å². The number of para-hydroxylation sites is 1. The number of nitrogens with one attached hydrogen (secondary N) is 2. The molecule has 0 aliphatic rings. The lowest BCUT2D eigenvalue weighted by molar-refractivity contribution is -0.137. The first-order valence-electron chi connectivity index (χ1n) is 10.2. The summed E-state index contributed by atoms with van der Waals surface area (Å²) in [5.41, 5.74) is 0.130. The van der Waals surface area contributed by atoms with Gasteiger partial charge in [0.2, 0.25) is 11.8 Å². The number of hydrogen-bond donors (Lipinski definition) is 2. The third kappa shape index (κ3) is 7.06. The Morgan fingerprint density at radius 2 is 1.88 bits per heavy atom. The summed E-state index contributed by atoms with van der Waals surface area (Å²) >= 11 is 0. The second-order valence-corrected chi connectivity index (χ2v) is 7.41. The van der Waals surface area contributed by atoms with Gasteiger partial charge in [-0.3, -0.25) is 14.3 Å². The Balaban J connectivity index is 1.48. The molecule has 0 radical (unpaired) electrons. The minimum absolute atomic E-state index is 0.0239. The first kappa shape index (κ1) is 24.7. The summed E-state index contributed by atoms with van der Waals surface area (Å²) < 4.78 is 58.4. The Kier molecular flexibility index (Phi) is 7.87. The van der Waals surface area contributed by atoms with Crippen molar-refractivity contribution in [1.29, 1.82) is 0 Å². The number of nitrogens with zero attached hydrogens (tertiary/aromatic N) is 2. The van der Waals surface area contributed by atoms with Gasteiger partial charge >= 0.3 is 6.18 Å². The minimum Gasteiger partial charge on any atom is -0.496 e. The van der Waals surface area contributed by atoms with Gasteiger partial charge in [-0.05, 0) is 41.8 Å². The van der Waals surface area contributed by atoms with Crippen LogP contribution in [-0.4, -0.2) is 28.7 Å². The molecule has 0 aliphatic carbocycles. The number of alkyl halides is 3. The van der Waals surface area contributed by atoms with E-state index in [2.05, 4.69) is 15.7 Å². The van der Waals surface area contributed by atoms with E-state index in [1.54, 1.807) is 7.11 Å². The highest BCUT2D eigenvalue weighted by molar-refractivity contribution is 5.90. The number of amides is 2. The molecule has 0 aliphatic heterocycles. The van der Waals surface area contributed by atoms with Gasteiger partial charge in [0.25, 0.3) is 0 Å². The number of aromatic nitrogens is 2. The average molecular weight is 478 g/mol. The number of carbonyl (C=O) groups is 2. The van der Waals surface area contributed by atoms with Gasteiger partial charge in [-0.2, -0.15) is 18.3 Å². The number of aryl methyl sites for hydroxylation is 1. The fourth-order valence-corrected chi connectivity index (χ4v) is 3.22. The molecule has 0 saturated carbocycles. The number of benzene rings is 2. The maximum atomic E-state index is 13.5.